The van der Waals surface area contributed by atoms with Crippen molar-refractivity contribution >= 4 is 33.5 Å². The van der Waals surface area contributed by atoms with Crippen LogP contribution < -0.4 is 0 Å². The van der Waals surface area contributed by atoms with E-state index in [4.69, 9.17) is 16.7 Å². The Bertz CT molecular complexity index is 600. The molecule has 1 heterocycles. The number of rotatable bonds is 2. The van der Waals surface area contributed by atoms with E-state index in [1.165, 1.54) is 18.2 Å². The Morgan fingerprint density at radius 1 is 1.53 bits per heavy atom. The van der Waals surface area contributed by atoms with Gasteiger partial charge in [-0.1, -0.05) is 11.6 Å². The number of nitrogens with one attached hydrogen (secondary N) is 1. The zero-order valence-corrected chi connectivity index (χ0v) is 10.5. The minimum atomic E-state index is -1.17. The third-order valence-corrected chi connectivity index (χ3v) is 3.39. The summed E-state index contributed by atoms with van der Waals surface area (Å²) in [6, 6.07) is 3.91. The molecule has 0 saturated carbocycles. The zero-order valence-electron chi connectivity index (χ0n) is 8.17. The lowest BCUT2D eigenvalue weighted by Gasteiger charge is -2.03. The smallest absolute Gasteiger partial charge is 0.353 e. The first kappa shape index (κ1) is 12.1. The van der Waals surface area contributed by atoms with Crippen molar-refractivity contribution in [2.75, 3.05) is 0 Å². The molecule has 0 radical (unpaired) electrons. The van der Waals surface area contributed by atoms with E-state index < -0.39 is 11.8 Å². The molecular formula is C10H5BrClFN2O2. The first-order valence-electron chi connectivity index (χ1n) is 4.43. The molecule has 0 aliphatic rings. The Balaban J connectivity index is 2.60. The summed E-state index contributed by atoms with van der Waals surface area (Å²) in [4.78, 5) is 10.7. The van der Waals surface area contributed by atoms with Gasteiger partial charge in [-0.3, -0.25) is 5.10 Å². The SMILES string of the molecule is O=C(O)c1cc(-c2c(F)ccc(Br)c2Cl)n[nH]1. The van der Waals surface area contributed by atoms with Crippen LogP contribution in [-0.2, 0) is 0 Å². The fourth-order valence-corrected chi connectivity index (χ4v) is 1.90. The number of nitrogens with zero attached hydrogens (tertiary/aromatic N) is 1. The van der Waals surface area contributed by atoms with Gasteiger partial charge in [0.1, 0.15) is 11.5 Å². The van der Waals surface area contributed by atoms with Crippen molar-refractivity contribution in [3.8, 4) is 11.3 Å². The lowest BCUT2D eigenvalue weighted by molar-refractivity contribution is 0.0690. The minimum Gasteiger partial charge on any atom is -0.477 e. The molecule has 1 aromatic heterocycles. The molecule has 88 valence electrons. The summed E-state index contributed by atoms with van der Waals surface area (Å²) < 4.78 is 14.1. The van der Waals surface area contributed by atoms with Crippen molar-refractivity contribution in [2.45, 2.75) is 0 Å². The molecule has 4 nitrogen and oxygen atoms in total. The number of carboxylic acid groups (broad SMARTS) is 1. The molecule has 7 heteroatoms. The molecule has 2 aromatic rings. The van der Waals surface area contributed by atoms with Gasteiger partial charge < -0.3 is 5.11 Å². The molecule has 0 aliphatic heterocycles. The van der Waals surface area contributed by atoms with Gasteiger partial charge in [0.15, 0.2) is 0 Å². The first-order chi connectivity index (χ1) is 8.00. The first-order valence-corrected chi connectivity index (χ1v) is 5.60. The maximum atomic E-state index is 13.6. The highest BCUT2D eigenvalue weighted by atomic mass is 79.9. The summed E-state index contributed by atoms with van der Waals surface area (Å²) in [6.07, 6.45) is 0. The highest BCUT2D eigenvalue weighted by molar-refractivity contribution is 9.10. The van der Waals surface area contributed by atoms with Gasteiger partial charge in [-0.25, -0.2) is 9.18 Å². The second-order valence-electron chi connectivity index (χ2n) is 3.19. The number of H-pyrrole nitrogens is 1. The van der Waals surface area contributed by atoms with Crippen molar-refractivity contribution in [3.63, 3.8) is 0 Å². The van der Waals surface area contributed by atoms with Gasteiger partial charge >= 0.3 is 5.97 Å². The molecule has 2 rings (SSSR count). The van der Waals surface area contributed by atoms with Crippen molar-refractivity contribution in [3.05, 3.63) is 39.2 Å². The van der Waals surface area contributed by atoms with E-state index in [1.54, 1.807) is 0 Å². The van der Waals surface area contributed by atoms with E-state index in [1.807, 2.05) is 0 Å². The predicted molar refractivity (Wildman–Crippen MR) is 63.7 cm³/mol. The molecule has 0 spiro atoms. The van der Waals surface area contributed by atoms with Crippen LogP contribution in [0, 0.1) is 5.82 Å². The van der Waals surface area contributed by atoms with Crippen LogP contribution in [0.15, 0.2) is 22.7 Å². The number of aromatic carboxylic acids is 1. The molecule has 0 amide bonds. The van der Waals surface area contributed by atoms with E-state index >= 15 is 0 Å². The van der Waals surface area contributed by atoms with Gasteiger partial charge in [0.25, 0.3) is 0 Å². The van der Waals surface area contributed by atoms with Crippen LogP contribution in [0.4, 0.5) is 4.39 Å². The maximum Gasteiger partial charge on any atom is 0.353 e. The maximum absolute atomic E-state index is 13.6. The third kappa shape index (κ3) is 2.18. The Kier molecular flexibility index (Phi) is 3.17. The van der Waals surface area contributed by atoms with Gasteiger partial charge in [0.05, 0.1) is 16.3 Å². The molecule has 1 aromatic carbocycles. The second-order valence-corrected chi connectivity index (χ2v) is 4.42. The Labute approximate surface area is 109 Å². The fourth-order valence-electron chi connectivity index (χ4n) is 1.32. The standard InChI is InChI=1S/C10H5BrClFN2O2/c11-4-1-2-5(13)8(9(4)12)6-3-7(10(16)17)15-14-6/h1-3H,(H,14,15)(H,16,17). The molecule has 0 aliphatic carbocycles. The molecule has 17 heavy (non-hydrogen) atoms. The van der Waals surface area contributed by atoms with Crippen molar-refractivity contribution in [1.29, 1.82) is 0 Å². The number of hydrogen-bond donors (Lipinski definition) is 2. The summed E-state index contributed by atoms with van der Waals surface area (Å²) in [5.74, 6) is -1.74. The highest BCUT2D eigenvalue weighted by Crippen LogP contribution is 2.35. The molecule has 2 N–H and O–H groups in total. The number of aromatic amines is 1. The number of carboxylic acids is 1. The van der Waals surface area contributed by atoms with Crippen LogP contribution in [0.3, 0.4) is 0 Å². The van der Waals surface area contributed by atoms with Gasteiger partial charge in [0, 0.05) is 4.47 Å². The van der Waals surface area contributed by atoms with Crippen LogP contribution in [0.2, 0.25) is 5.02 Å². The number of hydrogen-bond acceptors (Lipinski definition) is 2. The molecule has 0 bridgehead atoms. The van der Waals surface area contributed by atoms with E-state index in [9.17, 15) is 9.18 Å². The van der Waals surface area contributed by atoms with Crippen LogP contribution in [-0.4, -0.2) is 21.3 Å². The molecule has 0 saturated heterocycles. The minimum absolute atomic E-state index is 0.0600. The van der Waals surface area contributed by atoms with Gasteiger partial charge in [0.2, 0.25) is 0 Å². The summed E-state index contributed by atoms with van der Waals surface area (Å²) in [6.45, 7) is 0. The zero-order chi connectivity index (χ0) is 12.6. The quantitative estimate of drug-likeness (QED) is 0.834. The van der Waals surface area contributed by atoms with Crippen LogP contribution in [0.25, 0.3) is 11.3 Å². The number of carbonyl (C=O) groups is 1. The van der Waals surface area contributed by atoms with Crippen LogP contribution in [0.5, 0.6) is 0 Å². The van der Waals surface area contributed by atoms with Crippen molar-refractivity contribution in [2.24, 2.45) is 0 Å². The van der Waals surface area contributed by atoms with E-state index in [0.717, 1.165) is 0 Å². The Morgan fingerprint density at radius 3 is 2.82 bits per heavy atom. The average Bonchev–Trinajstić information content (AvgIpc) is 2.73. The summed E-state index contributed by atoms with van der Waals surface area (Å²) in [7, 11) is 0. The highest BCUT2D eigenvalue weighted by Gasteiger charge is 2.17. The molecule has 0 fully saturated rings. The third-order valence-electron chi connectivity index (χ3n) is 2.11. The van der Waals surface area contributed by atoms with Gasteiger partial charge in [-0.15, -0.1) is 0 Å². The van der Waals surface area contributed by atoms with Gasteiger partial charge in [-0.05, 0) is 34.1 Å². The molecular weight excluding hydrogens is 314 g/mol. The van der Waals surface area contributed by atoms with Crippen molar-refractivity contribution < 1.29 is 14.3 Å². The fraction of sp³-hybridized carbons (Fsp3) is 0. The molecule has 0 atom stereocenters. The number of aromatic nitrogens is 2. The number of halogens is 3. The lowest BCUT2D eigenvalue weighted by Crippen LogP contribution is -1.95. The number of benzene rings is 1. The topological polar surface area (TPSA) is 66.0 Å². The summed E-state index contributed by atoms with van der Waals surface area (Å²) in [5.41, 5.74) is 0.0754. The average molecular weight is 320 g/mol. The predicted octanol–water partition coefficient (Wildman–Crippen LogP) is 3.33. The van der Waals surface area contributed by atoms with E-state index in [-0.39, 0.29) is 22.0 Å². The van der Waals surface area contributed by atoms with Crippen LogP contribution in [0.1, 0.15) is 10.5 Å². The van der Waals surface area contributed by atoms with E-state index in [0.29, 0.717) is 4.47 Å². The normalized spacial score (nSPS) is 10.5. The van der Waals surface area contributed by atoms with Gasteiger partial charge in [-0.2, -0.15) is 5.10 Å². The summed E-state index contributed by atoms with van der Waals surface area (Å²) >= 11 is 9.09. The Morgan fingerprint density at radius 2 is 2.24 bits per heavy atom. The second kappa shape index (κ2) is 4.46. The molecule has 0 unspecified atom stereocenters. The lowest BCUT2D eigenvalue weighted by atomic mass is 10.1. The summed E-state index contributed by atoms with van der Waals surface area (Å²) in [5, 5.41) is 14.9. The van der Waals surface area contributed by atoms with E-state index in [2.05, 4.69) is 26.1 Å². The van der Waals surface area contributed by atoms with Crippen LogP contribution >= 0.6 is 27.5 Å². The Hall–Kier alpha value is -1.40. The largest absolute Gasteiger partial charge is 0.477 e. The van der Waals surface area contributed by atoms with Crippen molar-refractivity contribution in [1.82, 2.24) is 10.2 Å². The monoisotopic (exact) mass is 318 g/mol.